The molecule has 166 valence electrons. The maximum absolute atomic E-state index is 12.7. The van der Waals surface area contributed by atoms with Gasteiger partial charge < -0.3 is 14.6 Å². The molecular weight excluding hydrogens is 408 g/mol. The minimum atomic E-state index is -1.24. The minimum absolute atomic E-state index is 0.139. The Morgan fingerprint density at radius 2 is 1.24 bits per heavy atom. The highest BCUT2D eigenvalue weighted by molar-refractivity contribution is 5.55. The Morgan fingerprint density at radius 3 is 1.91 bits per heavy atom. The molecule has 0 radical (unpaired) electrons. The van der Waals surface area contributed by atoms with Gasteiger partial charge in [-0.05, 0) is 28.7 Å². The molecule has 1 aliphatic carbocycles. The number of ether oxygens (including phenoxy) is 2. The quantitative estimate of drug-likeness (QED) is 0.391. The van der Waals surface area contributed by atoms with E-state index in [1.165, 1.54) is 0 Å². The van der Waals surface area contributed by atoms with Crippen LogP contribution < -0.4 is 0 Å². The SMILES string of the molecule is COC(OC)(c1ccccc1)c1ccccc1C1(O)c2ccccc2CC1c1ccccc1. The summed E-state index contributed by atoms with van der Waals surface area (Å²) in [6.45, 7) is 0. The van der Waals surface area contributed by atoms with E-state index in [0.717, 1.165) is 39.8 Å². The molecule has 0 heterocycles. The lowest BCUT2D eigenvalue weighted by Crippen LogP contribution is -2.39. The normalized spacial score (nSPS) is 19.9. The average molecular weight is 437 g/mol. The molecule has 0 saturated heterocycles. The molecule has 5 rings (SSSR count). The summed E-state index contributed by atoms with van der Waals surface area (Å²) < 4.78 is 12.2. The van der Waals surface area contributed by atoms with Crippen molar-refractivity contribution >= 4 is 0 Å². The number of hydrogen-bond acceptors (Lipinski definition) is 3. The van der Waals surface area contributed by atoms with Gasteiger partial charge in [0.05, 0.1) is 0 Å². The van der Waals surface area contributed by atoms with Crippen LogP contribution in [-0.4, -0.2) is 19.3 Å². The van der Waals surface area contributed by atoms with E-state index in [2.05, 4.69) is 18.2 Å². The van der Waals surface area contributed by atoms with Gasteiger partial charge in [0.1, 0.15) is 5.60 Å². The number of benzene rings is 4. The van der Waals surface area contributed by atoms with Crippen LogP contribution in [0.5, 0.6) is 0 Å². The second kappa shape index (κ2) is 8.60. The van der Waals surface area contributed by atoms with E-state index in [1.807, 2.05) is 91.0 Å². The first kappa shape index (κ1) is 21.6. The van der Waals surface area contributed by atoms with Crippen molar-refractivity contribution in [3.63, 3.8) is 0 Å². The Bertz CT molecular complexity index is 1230. The van der Waals surface area contributed by atoms with E-state index in [9.17, 15) is 5.11 Å². The lowest BCUT2D eigenvalue weighted by Gasteiger charge is -2.39. The fourth-order valence-electron chi connectivity index (χ4n) is 5.46. The van der Waals surface area contributed by atoms with Crippen molar-refractivity contribution < 1.29 is 14.6 Å². The van der Waals surface area contributed by atoms with Gasteiger partial charge in [-0.1, -0.05) is 109 Å². The molecule has 2 unspecified atom stereocenters. The van der Waals surface area contributed by atoms with Gasteiger partial charge in [0, 0.05) is 31.3 Å². The standard InChI is InChI=1S/C30H28O3/c1-32-30(33-2,24-16-7-4-8-17-24)27-20-12-11-19-26(27)29(31)25-18-10-9-15-23(25)21-28(29)22-13-5-3-6-14-22/h3-20,28,31H,21H2,1-2H3. The van der Waals surface area contributed by atoms with Crippen LogP contribution in [0.4, 0.5) is 0 Å². The van der Waals surface area contributed by atoms with Crippen molar-refractivity contribution in [1.29, 1.82) is 0 Å². The first-order valence-corrected chi connectivity index (χ1v) is 11.3. The van der Waals surface area contributed by atoms with Crippen LogP contribution in [0.25, 0.3) is 0 Å². The van der Waals surface area contributed by atoms with Crippen molar-refractivity contribution in [2.45, 2.75) is 23.7 Å². The molecule has 0 aliphatic heterocycles. The molecule has 1 N–H and O–H groups in total. The molecule has 0 aromatic heterocycles. The maximum Gasteiger partial charge on any atom is 0.222 e. The third-order valence-corrected chi connectivity index (χ3v) is 6.98. The van der Waals surface area contributed by atoms with Crippen LogP contribution in [0.1, 0.15) is 39.3 Å². The average Bonchev–Trinajstić information content (AvgIpc) is 3.20. The van der Waals surface area contributed by atoms with Crippen molar-refractivity contribution in [3.8, 4) is 0 Å². The van der Waals surface area contributed by atoms with Gasteiger partial charge in [-0.3, -0.25) is 0 Å². The summed E-state index contributed by atoms with van der Waals surface area (Å²) >= 11 is 0. The maximum atomic E-state index is 12.7. The van der Waals surface area contributed by atoms with Crippen molar-refractivity contribution in [2.24, 2.45) is 0 Å². The molecule has 3 nitrogen and oxygen atoms in total. The highest BCUT2D eigenvalue weighted by Gasteiger charge is 2.51. The molecule has 0 bridgehead atoms. The molecule has 0 fully saturated rings. The second-order valence-electron chi connectivity index (χ2n) is 8.53. The Morgan fingerprint density at radius 1 is 0.697 bits per heavy atom. The monoisotopic (exact) mass is 436 g/mol. The third kappa shape index (κ3) is 3.32. The van der Waals surface area contributed by atoms with E-state index in [4.69, 9.17) is 9.47 Å². The Labute approximate surface area is 195 Å². The van der Waals surface area contributed by atoms with Crippen LogP contribution in [0.2, 0.25) is 0 Å². The Hall–Kier alpha value is -3.24. The molecule has 0 saturated carbocycles. The summed E-state index contributed by atoms with van der Waals surface area (Å²) in [6, 6.07) is 36.3. The van der Waals surface area contributed by atoms with Gasteiger partial charge >= 0.3 is 0 Å². The zero-order chi connectivity index (χ0) is 22.9. The van der Waals surface area contributed by atoms with Gasteiger partial charge in [0.15, 0.2) is 0 Å². The minimum Gasteiger partial charge on any atom is -0.380 e. The summed E-state index contributed by atoms with van der Waals surface area (Å²) in [7, 11) is 3.29. The molecule has 0 amide bonds. The van der Waals surface area contributed by atoms with Gasteiger partial charge in [-0.2, -0.15) is 0 Å². The predicted octanol–water partition coefficient (Wildman–Crippen LogP) is 5.76. The number of fused-ring (bicyclic) bond motifs is 1. The van der Waals surface area contributed by atoms with Crippen LogP contribution >= 0.6 is 0 Å². The van der Waals surface area contributed by atoms with E-state index in [1.54, 1.807) is 14.2 Å². The van der Waals surface area contributed by atoms with E-state index in [0.29, 0.717) is 0 Å². The van der Waals surface area contributed by atoms with Crippen molar-refractivity contribution in [3.05, 3.63) is 143 Å². The second-order valence-corrected chi connectivity index (χ2v) is 8.53. The number of aliphatic hydroxyl groups is 1. The molecule has 33 heavy (non-hydrogen) atoms. The molecule has 4 aromatic carbocycles. The zero-order valence-corrected chi connectivity index (χ0v) is 18.9. The molecule has 3 heteroatoms. The van der Waals surface area contributed by atoms with E-state index >= 15 is 0 Å². The molecule has 2 atom stereocenters. The molecular formula is C30H28O3. The molecule has 1 aliphatic rings. The number of methoxy groups -OCH3 is 2. The summed E-state index contributed by atoms with van der Waals surface area (Å²) in [5, 5.41) is 12.7. The van der Waals surface area contributed by atoms with Crippen molar-refractivity contribution in [1.82, 2.24) is 0 Å². The highest BCUT2D eigenvalue weighted by atomic mass is 16.7. The van der Waals surface area contributed by atoms with Gasteiger partial charge in [-0.25, -0.2) is 0 Å². The lowest BCUT2D eigenvalue weighted by molar-refractivity contribution is -0.185. The zero-order valence-electron chi connectivity index (χ0n) is 18.9. The third-order valence-electron chi connectivity index (χ3n) is 6.98. The molecule has 0 spiro atoms. The summed E-state index contributed by atoms with van der Waals surface area (Å²) in [4.78, 5) is 0. The van der Waals surface area contributed by atoms with Crippen LogP contribution in [0.15, 0.2) is 109 Å². The predicted molar refractivity (Wildman–Crippen MR) is 130 cm³/mol. The van der Waals surface area contributed by atoms with Crippen molar-refractivity contribution in [2.75, 3.05) is 14.2 Å². The van der Waals surface area contributed by atoms with Gasteiger partial charge in [0.2, 0.25) is 5.79 Å². The topological polar surface area (TPSA) is 38.7 Å². The summed E-state index contributed by atoms with van der Waals surface area (Å²) in [6.07, 6.45) is 0.753. The summed E-state index contributed by atoms with van der Waals surface area (Å²) in [5.41, 5.74) is 4.40. The highest BCUT2D eigenvalue weighted by Crippen LogP contribution is 2.53. The van der Waals surface area contributed by atoms with Crippen LogP contribution in [0, 0.1) is 0 Å². The lowest BCUT2D eigenvalue weighted by atomic mass is 9.74. The molecule has 4 aromatic rings. The van der Waals surface area contributed by atoms with Crippen LogP contribution in [-0.2, 0) is 27.3 Å². The fraction of sp³-hybridized carbons (Fsp3) is 0.200. The first-order valence-electron chi connectivity index (χ1n) is 11.3. The Balaban J connectivity index is 1.79. The first-order chi connectivity index (χ1) is 16.1. The van der Waals surface area contributed by atoms with Crippen LogP contribution in [0.3, 0.4) is 0 Å². The fourth-order valence-corrected chi connectivity index (χ4v) is 5.46. The van der Waals surface area contributed by atoms with E-state index < -0.39 is 11.4 Å². The van der Waals surface area contributed by atoms with Gasteiger partial charge in [-0.15, -0.1) is 0 Å². The van der Waals surface area contributed by atoms with E-state index in [-0.39, 0.29) is 5.92 Å². The summed E-state index contributed by atoms with van der Waals surface area (Å²) in [5.74, 6) is -1.30. The Kier molecular flexibility index (Phi) is 5.63. The van der Waals surface area contributed by atoms with Gasteiger partial charge in [0.25, 0.3) is 0 Å². The number of hydrogen-bond donors (Lipinski definition) is 1. The smallest absolute Gasteiger partial charge is 0.222 e. The largest absolute Gasteiger partial charge is 0.380 e. The number of rotatable bonds is 6.